The van der Waals surface area contributed by atoms with Crippen LogP contribution >= 0.6 is 23.2 Å². The van der Waals surface area contributed by atoms with Crippen LogP contribution in [0.2, 0.25) is 10.0 Å². The van der Waals surface area contributed by atoms with Crippen LogP contribution in [0.15, 0.2) is 40.8 Å². The molecule has 1 aliphatic heterocycles. The molecule has 2 atom stereocenters. The summed E-state index contributed by atoms with van der Waals surface area (Å²) in [5.74, 6) is -1.64. The van der Waals surface area contributed by atoms with Crippen molar-refractivity contribution < 1.29 is 24.2 Å². The minimum atomic E-state index is -1.29. The molecule has 3 aromatic rings. The lowest BCUT2D eigenvalue weighted by Crippen LogP contribution is -2.40. The van der Waals surface area contributed by atoms with Gasteiger partial charge in [0.05, 0.1) is 39.7 Å². The fourth-order valence-electron chi connectivity index (χ4n) is 5.29. The highest BCUT2D eigenvalue weighted by Crippen LogP contribution is 2.42. The van der Waals surface area contributed by atoms with Gasteiger partial charge in [0.25, 0.3) is 5.56 Å². The number of ketones is 1. The predicted octanol–water partition coefficient (Wildman–Crippen LogP) is 5.73. The van der Waals surface area contributed by atoms with Crippen molar-refractivity contribution in [2.75, 3.05) is 6.61 Å². The van der Waals surface area contributed by atoms with E-state index in [-0.39, 0.29) is 51.2 Å². The highest BCUT2D eigenvalue weighted by molar-refractivity contribution is 6.42. The molecule has 3 heterocycles. The summed E-state index contributed by atoms with van der Waals surface area (Å²) in [5.41, 5.74) is 5.40. The number of Topliss-reactive ketones (excluding diaryl/α,β-unsaturated/α-hetero) is 1. The second-order valence-electron chi connectivity index (χ2n) is 11.4. The van der Waals surface area contributed by atoms with Gasteiger partial charge in [0, 0.05) is 42.0 Å². The van der Waals surface area contributed by atoms with Crippen LogP contribution in [0.5, 0.6) is 5.75 Å². The fraction of sp³-hybridized carbons (Fsp3) is 0.400. The monoisotopic (exact) mass is 616 g/mol. The van der Waals surface area contributed by atoms with E-state index < -0.39 is 34.9 Å². The first-order valence-corrected chi connectivity index (χ1v) is 14.4. The molecule has 12 heteroatoms. The quantitative estimate of drug-likeness (QED) is 0.235. The van der Waals surface area contributed by atoms with E-state index in [1.807, 2.05) is 27.7 Å². The summed E-state index contributed by atoms with van der Waals surface area (Å²) < 4.78 is 9.33. The van der Waals surface area contributed by atoms with Crippen LogP contribution in [-0.4, -0.2) is 38.6 Å². The Morgan fingerprint density at radius 1 is 1.17 bits per heavy atom. The van der Waals surface area contributed by atoms with Crippen LogP contribution in [0.1, 0.15) is 70.3 Å². The van der Waals surface area contributed by atoms with E-state index in [0.717, 1.165) is 6.42 Å². The molecule has 2 unspecified atom stereocenters. The maximum absolute atomic E-state index is 14.1. The number of fused-ring (bicyclic) bond motifs is 2. The van der Waals surface area contributed by atoms with E-state index in [1.165, 1.54) is 22.9 Å². The summed E-state index contributed by atoms with van der Waals surface area (Å²) >= 11 is 12.7. The molecule has 1 aromatic carbocycles. The zero-order valence-corrected chi connectivity index (χ0v) is 25.4. The van der Waals surface area contributed by atoms with Gasteiger partial charge in [-0.3, -0.25) is 14.4 Å². The molecule has 0 saturated heterocycles. The molecule has 1 aliphatic rings. The van der Waals surface area contributed by atoms with Crippen molar-refractivity contribution >= 4 is 58.0 Å². The van der Waals surface area contributed by atoms with Gasteiger partial charge in [-0.25, -0.2) is 4.79 Å². The molecule has 224 valence electrons. The van der Waals surface area contributed by atoms with Crippen LogP contribution in [-0.2, 0) is 16.1 Å². The Balaban J connectivity index is 1.91. The first-order chi connectivity index (χ1) is 19.8. The zero-order valence-electron chi connectivity index (χ0n) is 23.9. The number of hydrogen-bond acceptors (Lipinski definition) is 5. The lowest BCUT2D eigenvalue weighted by Gasteiger charge is -2.34. The summed E-state index contributed by atoms with van der Waals surface area (Å²) in [4.78, 5) is 51.9. The lowest BCUT2D eigenvalue weighted by molar-refractivity contribution is -0.122. The number of primary amides is 1. The first-order valence-electron chi connectivity index (χ1n) is 13.6. The van der Waals surface area contributed by atoms with Crippen molar-refractivity contribution in [1.82, 2.24) is 14.5 Å². The molecule has 0 spiro atoms. The van der Waals surface area contributed by atoms with E-state index in [2.05, 4.69) is 5.32 Å². The van der Waals surface area contributed by atoms with Gasteiger partial charge in [-0.2, -0.15) is 0 Å². The number of carbonyl (C=O) groups excluding carboxylic acids is 2. The van der Waals surface area contributed by atoms with Crippen molar-refractivity contribution in [3.05, 3.63) is 67.8 Å². The molecule has 4 N–H and O–H groups in total. The summed E-state index contributed by atoms with van der Waals surface area (Å²) in [5, 5.41) is 13.3. The molecule has 10 nitrogen and oxygen atoms in total. The molecule has 0 bridgehead atoms. The number of nitrogens with zero attached hydrogens (tertiary/aromatic N) is 2. The fourth-order valence-corrected chi connectivity index (χ4v) is 5.62. The van der Waals surface area contributed by atoms with E-state index in [4.69, 9.17) is 33.7 Å². The Kier molecular flexibility index (Phi) is 9.08. The Morgan fingerprint density at radius 2 is 1.83 bits per heavy atom. The molecule has 2 aromatic heterocycles. The Labute approximate surface area is 253 Å². The number of amides is 2. The van der Waals surface area contributed by atoms with Gasteiger partial charge in [-0.05, 0) is 36.1 Å². The summed E-state index contributed by atoms with van der Waals surface area (Å²) in [6.45, 7) is 7.68. The van der Waals surface area contributed by atoms with Crippen molar-refractivity contribution in [3.8, 4) is 5.75 Å². The van der Waals surface area contributed by atoms with E-state index in [0.29, 0.717) is 24.1 Å². The lowest BCUT2D eigenvalue weighted by atomic mass is 9.83. The van der Waals surface area contributed by atoms with E-state index in [9.17, 15) is 24.3 Å². The van der Waals surface area contributed by atoms with Crippen LogP contribution < -0.4 is 21.3 Å². The normalized spacial score (nSPS) is 15.3. The molecule has 0 saturated carbocycles. The Bertz CT molecular complexity index is 1650. The minimum Gasteiger partial charge on any atom is -0.491 e. The first kappa shape index (κ1) is 31.2. The van der Waals surface area contributed by atoms with Gasteiger partial charge in [-0.15, -0.1) is 0 Å². The van der Waals surface area contributed by atoms with Crippen LogP contribution in [0.25, 0.3) is 17.0 Å². The Hall–Kier alpha value is -3.76. The molecule has 2 amide bonds. The number of carbonyl (C=O) groups is 3. The zero-order chi connectivity index (χ0) is 30.9. The van der Waals surface area contributed by atoms with Crippen molar-refractivity contribution in [3.63, 3.8) is 0 Å². The Morgan fingerprint density at radius 3 is 2.43 bits per heavy atom. The molecule has 42 heavy (non-hydrogen) atoms. The molecule has 0 aliphatic carbocycles. The van der Waals surface area contributed by atoms with Crippen molar-refractivity contribution in [1.29, 1.82) is 0 Å². The number of halogens is 2. The topological polar surface area (TPSA) is 146 Å². The van der Waals surface area contributed by atoms with Crippen molar-refractivity contribution in [2.24, 2.45) is 11.1 Å². The number of nitrogens with two attached hydrogens (primary N) is 1. The smallest absolute Gasteiger partial charge is 0.405 e. The third kappa shape index (κ3) is 6.05. The molecular formula is C30H34Cl2N4O6. The number of aromatic nitrogens is 2. The third-order valence-corrected chi connectivity index (χ3v) is 8.06. The van der Waals surface area contributed by atoms with Gasteiger partial charge >= 0.3 is 6.09 Å². The number of benzene rings is 1. The summed E-state index contributed by atoms with van der Waals surface area (Å²) in [7, 11) is 0. The van der Waals surface area contributed by atoms with Crippen LogP contribution in [0.3, 0.4) is 0 Å². The number of nitrogens with one attached hydrogen (secondary N) is 1. The van der Waals surface area contributed by atoms with Gasteiger partial charge < -0.3 is 30.0 Å². The average molecular weight is 618 g/mol. The van der Waals surface area contributed by atoms with Gasteiger partial charge in [0.1, 0.15) is 11.5 Å². The van der Waals surface area contributed by atoms with E-state index >= 15 is 0 Å². The molecule has 4 rings (SSSR count). The number of pyridine rings is 1. The highest BCUT2D eigenvalue weighted by Gasteiger charge is 2.37. The van der Waals surface area contributed by atoms with E-state index in [1.54, 1.807) is 22.9 Å². The molecular weight excluding hydrogens is 583 g/mol. The second-order valence-corrected chi connectivity index (χ2v) is 12.2. The average Bonchev–Trinajstić information content (AvgIpc) is 3.50. The molecule has 0 fully saturated rings. The predicted molar refractivity (Wildman–Crippen MR) is 162 cm³/mol. The number of carboxylic acid groups (broad SMARTS) is 1. The largest absolute Gasteiger partial charge is 0.491 e. The number of rotatable bonds is 11. The number of unbranched alkanes of at least 4 members (excludes halogenated alkanes) is 1. The molecule has 0 radical (unpaired) electrons. The second kappa shape index (κ2) is 12.2. The van der Waals surface area contributed by atoms with Gasteiger partial charge in [0.15, 0.2) is 0 Å². The highest BCUT2D eigenvalue weighted by atomic mass is 35.5. The summed E-state index contributed by atoms with van der Waals surface area (Å²) in [6.07, 6.45) is 3.35. The summed E-state index contributed by atoms with van der Waals surface area (Å²) in [6, 6.07) is 5.57. The maximum Gasteiger partial charge on any atom is 0.405 e. The van der Waals surface area contributed by atoms with Gasteiger partial charge in [-0.1, -0.05) is 57.3 Å². The SMILES string of the molecule is CCCCOc1c(C(NC(=O)O)C(C)(C)C)n(CCC(=O)C2C(C(N)=O)=Cn3cccc32)c(=O)c2cc(Cl)c(Cl)cc12. The number of ether oxygens (including phenoxy) is 1. The maximum atomic E-state index is 14.1. The minimum absolute atomic E-state index is 0.121. The van der Waals surface area contributed by atoms with Gasteiger partial charge in [0.2, 0.25) is 5.91 Å². The third-order valence-electron chi connectivity index (χ3n) is 7.34. The van der Waals surface area contributed by atoms with Crippen LogP contribution in [0, 0.1) is 5.41 Å². The van der Waals surface area contributed by atoms with Crippen LogP contribution in [0.4, 0.5) is 4.79 Å². The number of hydrogen-bond donors (Lipinski definition) is 3. The standard InChI is InChI=1S/C30H34Cl2N4O6/c1-5-6-12-42-25-16-13-19(31)20(32)14-17(16)28(39)36(24(25)26(30(2,3)4)34-29(40)41)11-9-22(37)23-18(27(33)38)15-35-10-7-8-21(23)35/h7-8,10,13-15,23,26,34H,5-6,9,11-12H2,1-4H3,(H2,33,38)(H,40,41). The van der Waals surface area contributed by atoms with Crippen molar-refractivity contribution in [2.45, 2.75) is 65.5 Å².